The predicted molar refractivity (Wildman–Crippen MR) is 108 cm³/mol. The Balaban J connectivity index is 1.35. The minimum Gasteiger partial charge on any atom is -0.338 e. The summed E-state index contributed by atoms with van der Waals surface area (Å²) in [4.78, 5) is 25.7. The lowest BCUT2D eigenvalue weighted by atomic mass is 9.72. The van der Waals surface area contributed by atoms with E-state index >= 15 is 0 Å². The molecule has 28 heavy (non-hydrogen) atoms. The van der Waals surface area contributed by atoms with E-state index in [9.17, 15) is 4.79 Å². The second-order valence-electron chi connectivity index (χ2n) is 8.42. The molecule has 2 saturated heterocycles. The Bertz CT molecular complexity index is 779. The molecule has 2 aliphatic rings. The molecule has 0 atom stereocenters. The number of rotatable bonds is 6. The molecule has 0 N–H and O–H groups in total. The van der Waals surface area contributed by atoms with E-state index in [1.54, 1.807) is 12.4 Å². The van der Waals surface area contributed by atoms with Gasteiger partial charge in [-0.3, -0.25) is 14.7 Å². The van der Waals surface area contributed by atoms with Gasteiger partial charge in [0.25, 0.3) is 0 Å². The van der Waals surface area contributed by atoms with Crippen molar-refractivity contribution >= 4 is 5.91 Å². The Morgan fingerprint density at radius 3 is 2.61 bits per heavy atom. The minimum atomic E-state index is 0.288. The Labute approximate surface area is 167 Å². The molecule has 0 radical (unpaired) electrons. The fraction of sp³-hybridized carbons (Fsp3) is 0.591. The van der Waals surface area contributed by atoms with Crippen LogP contribution < -0.4 is 0 Å². The average Bonchev–Trinajstić information content (AvgIpc) is 3.15. The lowest BCUT2D eigenvalue weighted by molar-refractivity contribution is -0.140. The van der Waals surface area contributed by atoms with Gasteiger partial charge in [-0.05, 0) is 61.9 Å². The van der Waals surface area contributed by atoms with Gasteiger partial charge in [0.15, 0.2) is 0 Å². The second kappa shape index (κ2) is 8.43. The van der Waals surface area contributed by atoms with Crippen LogP contribution in [0.1, 0.15) is 50.4 Å². The van der Waals surface area contributed by atoms with Crippen LogP contribution in [0.15, 0.2) is 36.9 Å². The van der Waals surface area contributed by atoms with Gasteiger partial charge in [0.1, 0.15) is 5.82 Å². The van der Waals surface area contributed by atoms with Crippen LogP contribution in [0.3, 0.4) is 0 Å². The van der Waals surface area contributed by atoms with Crippen LogP contribution in [-0.4, -0.2) is 49.9 Å². The molecule has 0 aliphatic carbocycles. The highest BCUT2D eigenvalue weighted by Gasteiger charge is 2.40. The summed E-state index contributed by atoms with van der Waals surface area (Å²) in [7, 11) is 0. The van der Waals surface area contributed by atoms with Crippen LogP contribution in [0.2, 0.25) is 0 Å². The zero-order valence-corrected chi connectivity index (χ0v) is 16.9. The molecule has 2 fully saturated rings. The number of hydrogen-bond donors (Lipinski definition) is 0. The summed E-state index contributed by atoms with van der Waals surface area (Å²) in [6.07, 6.45) is 12.8. The number of carbonyl (C=O) groups is 1. The highest BCUT2D eigenvalue weighted by atomic mass is 16.2. The van der Waals surface area contributed by atoms with Crippen molar-refractivity contribution < 1.29 is 4.79 Å². The SMILES string of the molecule is CCCn1ccnc1CN1CCC2(CCC(=O)N(Cc3ccncc3)C2)CC1. The lowest BCUT2D eigenvalue weighted by Gasteiger charge is -2.47. The van der Waals surface area contributed by atoms with Crippen molar-refractivity contribution in [2.75, 3.05) is 19.6 Å². The van der Waals surface area contributed by atoms with Gasteiger partial charge in [0.2, 0.25) is 5.91 Å². The van der Waals surface area contributed by atoms with E-state index in [2.05, 4.69) is 37.5 Å². The number of pyridine rings is 1. The van der Waals surface area contributed by atoms with Crippen LogP contribution in [0.25, 0.3) is 0 Å². The quantitative estimate of drug-likeness (QED) is 0.772. The maximum Gasteiger partial charge on any atom is 0.222 e. The Hall–Kier alpha value is -2.21. The maximum atomic E-state index is 12.5. The first-order valence-electron chi connectivity index (χ1n) is 10.6. The van der Waals surface area contributed by atoms with E-state index in [0.717, 1.165) is 45.6 Å². The van der Waals surface area contributed by atoms with Crippen molar-refractivity contribution in [3.63, 3.8) is 0 Å². The molecule has 150 valence electrons. The predicted octanol–water partition coefficient (Wildman–Crippen LogP) is 3.09. The zero-order chi connectivity index (χ0) is 19.4. The molecule has 4 heterocycles. The topological polar surface area (TPSA) is 54.3 Å². The monoisotopic (exact) mass is 381 g/mol. The van der Waals surface area contributed by atoms with E-state index < -0.39 is 0 Å². The van der Waals surface area contributed by atoms with Gasteiger partial charge in [0, 0.05) is 50.8 Å². The molecule has 0 aromatic carbocycles. The molecule has 2 aromatic rings. The number of imidazole rings is 1. The third-order valence-electron chi connectivity index (χ3n) is 6.42. The summed E-state index contributed by atoms with van der Waals surface area (Å²) >= 11 is 0. The number of aromatic nitrogens is 3. The summed E-state index contributed by atoms with van der Waals surface area (Å²) < 4.78 is 2.28. The number of nitrogens with zero attached hydrogens (tertiary/aromatic N) is 5. The minimum absolute atomic E-state index is 0.288. The van der Waals surface area contributed by atoms with Gasteiger partial charge in [-0.25, -0.2) is 4.98 Å². The van der Waals surface area contributed by atoms with Crippen LogP contribution in [0.5, 0.6) is 0 Å². The normalized spacial score (nSPS) is 20.0. The highest BCUT2D eigenvalue weighted by Crippen LogP contribution is 2.40. The summed E-state index contributed by atoms with van der Waals surface area (Å²) in [6, 6.07) is 4.02. The molecule has 0 unspecified atom stereocenters. The number of aryl methyl sites for hydroxylation is 1. The van der Waals surface area contributed by atoms with Gasteiger partial charge in [-0.15, -0.1) is 0 Å². The molecular weight excluding hydrogens is 350 g/mol. The third-order valence-corrected chi connectivity index (χ3v) is 6.42. The largest absolute Gasteiger partial charge is 0.338 e. The first-order valence-corrected chi connectivity index (χ1v) is 10.6. The number of hydrogen-bond acceptors (Lipinski definition) is 4. The van der Waals surface area contributed by atoms with Gasteiger partial charge < -0.3 is 9.47 Å². The van der Waals surface area contributed by atoms with Crippen LogP contribution in [-0.2, 0) is 24.4 Å². The van der Waals surface area contributed by atoms with Crippen LogP contribution in [0.4, 0.5) is 0 Å². The van der Waals surface area contributed by atoms with Crippen LogP contribution >= 0.6 is 0 Å². The highest BCUT2D eigenvalue weighted by molar-refractivity contribution is 5.77. The molecule has 1 spiro atoms. The van der Waals surface area contributed by atoms with Gasteiger partial charge in [0.05, 0.1) is 6.54 Å². The van der Waals surface area contributed by atoms with Crippen molar-refractivity contribution in [3.05, 3.63) is 48.3 Å². The third kappa shape index (κ3) is 4.27. The average molecular weight is 382 g/mol. The first-order chi connectivity index (χ1) is 13.7. The Morgan fingerprint density at radius 1 is 1.07 bits per heavy atom. The Morgan fingerprint density at radius 2 is 1.86 bits per heavy atom. The van der Waals surface area contributed by atoms with Gasteiger partial charge in [-0.2, -0.15) is 0 Å². The number of likely N-dealkylation sites (tertiary alicyclic amines) is 2. The summed E-state index contributed by atoms with van der Waals surface area (Å²) in [5.74, 6) is 1.47. The molecule has 4 rings (SSSR count). The molecule has 6 nitrogen and oxygen atoms in total. The molecule has 0 saturated carbocycles. The van der Waals surface area contributed by atoms with E-state index in [-0.39, 0.29) is 5.41 Å². The van der Waals surface area contributed by atoms with E-state index in [0.29, 0.717) is 18.9 Å². The summed E-state index contributed by atoms with van der Waals surface area (Å²) in [6.45, 7) is 7.97. The molecule has 0 bridgehead atoms. The molecular formula is C22H31N5O. The van der Waals surface area contributed by atoms with Gasteiger partial charge >= 0.3 is 0 Å². The first kappa shape index (κ1) is 19.1. The summed E-state index contributed by atoms with van der Waals surface area (Å²) in [5.41, 5.74) is 1.46. The van der Waals surface area contributed by atoms with Crippen LogP contribution in [0, 0.1) is 5.41 Å². The standard InChI is InChI=1S/C22H31N5O/c1-2-12-26-15-11-24-20(26)17-25-13-7-22(8-14-25)6-3-21(28)27(18-22)16-19-4-9-23-10-5-19/h4-5,9-11,15H,2-3,6-8,12-14,16-18H2,1H3. The molecule has 6 heteroatoms. The van der Waals surface area contributed by atoms with E-state index in [1.165, 1.54) is 24.2 Å². The zero-order valence-electron chi connectivity index (χ0n) is 16.9. The fourth-order valence-electron chi connectivity index (χ4n) is 4.68. The lowest BCUT2D eigenvalue weighted by Crippen LogP contribution is -2.51. The summed E-state index contributed by atoms with van der Waals surface area (Å²) in [5, 5.41) is 0. The van der Waals surface area contributed by atoms with Gasteiger partial charge in [-0.1, -0.05) is 6.92 Å². The molecule has 2 aromatic heterocycles. The Kier molecular flexibility index (Phi) is 5.76. The fourth-order valence-corrected chi connectivity index (χ4v) is 4.68. The van der Waals surface area contributed by atoms with Crippen molar-refractivity contribution in [2.45, 2.75) is 58.7 Å². The smallest absolute Gasteiger partial charge is 0.222 e. The number of carbonyl (C=O) groups excluding carboxylic acids is 1. The number of amides is 1. The maximum absolute atomic E-state index is 12.5. The van der Waals surface area contributed by atoms with Crippen molar-refractivity contribution in [1.82, 2.24) is 24.3 Å². The van der Waals surface area contributed by atoms with Crippen molar-refractivity contribution in [3.8, 4) is 0 Å². The van der Waals surface area contributed by atoms with Crippen molar-refractivity contribution in [1.29, 1.82) is 0 Å². The molecule has 1 amide bonds. The molecule has 2 aliphatic heterocycles. The van der Waals surface area contributed by atoms with E-state index in [4.69, 9.17) is 0 Å². The van der Waals surface area contributed by atoms with Crippen molar-refractivity contribution in [2.24, 2.45) is 5.41 Å². The number of piperidine rings is 2. The second-order valence-corrected chi connectivity index (χ2v) is 8.42. The van der Waals surface area contributed by atoms with E-state index in [1.807, 2.05) is 18.3 Å².